The quantitative estimate of drug-likeness (QED) is 0.729. The molecule has 2 saturated heterocycles. The van der Waals surface area contributed by atoms with Crippen LogP contribution in [-0.4, -0.2) is 74.9 Å². The van der Waals surface area contributed by atoms with Crippen molar-refractivity contribution in [3.05, 3.63) is 11.7 Å². The molecule has 1 atom stereocenters. The molecule has 152 valence electrons. The van der Waals surface area contributed by atoms with Crippen molar-refractivity contribution < 1.29 is 18.9 Å². The number of urea groups is 1. The lowest BCUT2D eigenvalue weighted by Crippen LogP contribution is -2.50. The van der Waals surface area contributed by atoms with E-state index in [-0.39, 0.29) is 30.3 Å². The predicted octanol–water partition coefficient (Wildman–Crippen LogP) is 1.68. The first-order chi connectivity index (χ1) is 13.4. The van der Waals surface area contributed by atoms with Gasteiger partial charge in [0, 0.05) is 20.1 Å². The Bertz CT molecular complexity index is 785. The minimum atomic E-state index is -0.749. The molecule has 1 unspecified atom stereocenters. The molecule has 1 aromatic rings. The van der Waals surface area contributed by atoms with Crippen molar-refractivity contribution in [2.24, 2.45) is 0 Å². The van der Waals surface area contributed by atoms with Crippen molar-refractivity contribution in [1.29, 1.82) is 0 Å². The molecule has 3 heterocycles. The van der Waals surface area contributed by atoms with E-state index in [0.717, 1.165) is 37.0 Å². The van der Waals surface area contributed by atoms with Gasteiger partial charge in [-0.15, -0.1) is 0 Å². The molecule has 0 aromatic carbocycles. The minimum absolute atomic E-state index is 0.00348. The summed E-state index contributed by atoms with van der Waals surface area (Å²) in [5.74, 6) is 0.700. The van der Waals surface area contributed by atoms with Crippen LogP contribution in [0.5, 0.6) is 0 Å². The first-order valence-electron chi connectivity index (χ1n) is 10.1. The van der Waals surface area contributed by atoms with Crippen LogP contribution in [0.25, 0.3) is 0 Å². The number of hydrogen-bond acceptors (Lipinski definition) is 6. The molecule has 9 heteroatoms. The number of amides is 4. The van der Waals surface area contributed by atoms with Gasteiger partial charge in [-0.05, 0) is 32.6 Å². The van der Waals surface area contributed by atoms with Crippen molar-refractivity contribution in [3.8, 4) is 0 Å². The summed E-state index contributed by atoms with van der Waals surface area (Å²) < 4.78 is 5.26. The van der Waals surface area contributed by atoms with Crippen LogP contribution in [0.15, 0.2) is 4.52 Å². The second-order valence-electron chi connectivity index (χ2n) is 8.18. The number of piperidine rings is 1. The Balaban J connectivity index is 1.44. The van der Waals surface area contributed by atoms with E-state index in [4.69, 9.17) is 4.52 Å². The average molecular weight is 389 g/mol. The zero-order chi connectivity index (χ0) is 19.9. The molecule has 4 rings (SSSR count). The number of hydrogen-bond donors (Lipinski definition) is 0. The maximum atomic E-state index is 13.1. The van der Waals surface area contributed by atoms with E-state index < -0.39 is 5.54 Å². The van der Waals surface area contributed by atoms with Crippen LogP contribution in [0.3, 0.4) is 0 Å². The zero-order valence-corrected chi connectivity index (χ0v) is 16.5. The van der Waals surface area contributed by atoms with E-state index in [1.54, 1.807) is 23.8 Å². The topological polar surface area (TPSA) is 99.9 Å². The summed E-state index contributed by atoms with van der Waals surface area (Å²) in [6.45, 7) is 2.65. The maximum absolute atomic E-state index is 13.1. The monoisotopic (exact) mass is 389 g/mol. The van der Waals surface area contributed by atoms with E-state index in [1.807, 2.05) is 0 Å². The third kappa shape index (κ3) is 3.06. The number of aromatic nitrogens is 2. The number of rotatable bonds is 3. The van der Waals surface area contributed by atoms with Crippen LogP contribution >= 0.6 is 0 Å². The van der Waals surface area contributed by atoms with Gasteiger partial charge in [-0.1, -0.05) is 24.4 Å². The van der Waals surface area contributed by atoms with Gasteiger partial charge in [-0.2, -0.15) is 4.98 Å². The van der Waals surface area contributed by atoms with Crippen molar-refractivity contribution in [3.63, 3.8) is 0 Å². The van der Waals surface area contributed by atoms with E-state index >= 15 is 0 Å². The molecule has 1 spiro atoms. The lowest BCUT2D eigenvalue weighted by Gasteiger charge is -2.36. The molecule has 1 aromatic heterocycles. The van der Waals surface area contributed by atoms with E-state index in [1.165, 1.54) is 0 Å². The van der Waals surface area contributed by atoms with E-state index in [9.17, 15) is 14.4 Å². The molecule has 0 radical (unpaired) electrons. The summed E-state index contributed by atoms with van der Waals surface area (Å²) in [6, 6.07) is -0.360. The Morgan fingerprint density at radius 2 is 1.96 bits per heavy atom. The number of imide groups is 1. The molecule has 28 heavy (non-hydrogen) atoms. The largest absolute Gasteiger partial charge is 0.340 e. The standard InChI is InChI=1S/C19H27N5O4/c1-13-20-16(28-21-13)14-7-6-10-23(11-14)15(25)12-24-17(26)19(22(2)18(24)27)8-4-3-5-9-19/h14H,3-12H2,1-2H3. The summed E-state index contributed by atoms with van der Waals surface area (Å²) in [4.78, 5) is 47.4. The van der Waals surface area contributed by atoms with Crippen molar-refractivity contribution in [2.45, 2.75) is 63.3 Å². The molecule has 0 bridgehead atoms. The van der Waals surface area contributed by atoms with Gasteiger partial charge >= 0.3 is 6.03 Å². The minimum Gasteiger partial charge on any atom is -0.340 e. The summed E-state index contributed by atoms with van der Waals surface area (Å²) in [6.07, 6.45) is 6.01. The van der Waals surface area contributed by atoms with Crippen LogP contribution in [0.4, 0.5) is 4.79 Å². The molecule has 2 aliphatic heterocycles. The molecule has 3 fully saturated rings. The number of likely N-dealkylation sites (tertiary alicyclic amines) is 1. The molecule has 1 saturated carbocycles. The maximum Gasteiger partial charge on any atom is 0.327 e. The molecule has 9 nitrogen and oxygen atoms in total. The summed E-state index contributed by atoms with van der Waals surface area (Å²) in [5, 5.41) is 3.83. The first-order valence-corrected chi connectivity index (χ1v) is 10.1. The number of likely N-dealkylation sites (N-methyl/N-ethyl adjacent to an activating group) is 1. The molecular formula is C19H27N5O4. The molecule has 0 N–H and O–H groups in total. The number of carbonyl (C=O) groups excluding carboxylic acids is 3. The van der Waals surface area contributed by atoms with Crippen molar-refractivity contribution in [1.82, 2.24) is 24.8 Å². The SMILES string of the molecule is Cc1noc(C2CCCN(C(=O)CN3C(=O)N(C)C4(CCCCC4)C3=O)C2)n1. The fourth-order valence-corrected chi connectivity index (χ4v) is 4.79. The summed E-state index contributed by atoms with van der Waals surface area (Å²) in [7, 11) is 1.69. The molecule has 4 amide bonds. The average Bonchev–Trinajstić information content (AvgIpc) is 3.22. The number of carbonyl (C=O) groups is 3. The molecule has 3 aliphatic rings. The van der Waals surface area contributed by atoms with Gasteiger partial charge in [-0.25, -0.2) is 4.79 Å². The van der Waals surface area contributed by atoms with Crippen molar-refractivity contribution >= 4 is 17.8 Å². The van der Waals surface area contributed by atoms with Gasteiger partial charge in [-0.3, -0.25) is 14.5 Å². The highest BCUT2D eigenvalue weighted by Crippen LogP contribution is 2.39. The van der Waals surface area contributed by atoms with Gasteiger partial charge in [0.25, 0.3) is 5.91 Å². The lowest BCUT2D eigenvalue weighted by atomic mass is 9.81. The lowest BCUT2D eigenvalue weighted by molar-refractivity contribution is -0.141. The fourth-order valence-electron chi connectivity index (χ4n) is 4.79. The highest BCUT2D eigenvalue weighted by atomic mass is 16.5. The highest BCUT2D eigenvalue weighted by molar-refractivity contribution is 6.08. The Labute approximate surface area is 164 Å². The predicted molar refractivity (Wildman–Crippen MR) is 98.3 cm³/mol. The molecular weight excluding hydrogens is 362 g/mol. The van der Waals surface area contributed by atoms with E-state index in [2.05, 4.69) is 10.1 Å². The first kappa shape index (κ1) is 18.9. The third-order valence-corrected chi connectivity index (χ3v) is 6.44. The Morgan fingerprint density at radius 1 is 1.21 bits per heavy atom. The smallest absolute Gasteiger partial charge is 0.327 e. The van der Waals surface area contributed by atoms with Gasteiger partial charge in [0.15, 0.2) is 5.82 Å². The van der Waals surface area contributed by atoms with E-state index in [0.29, 0.717) is 37.6 Å². The second-order valence-corrected chi connectivity index (χ2v) is 8.18. The third-order valence-electron chi connectivity index (χ3n) is 6.44. The van der Waals surface area contributed by atoms with Crippen LogP contribution in [0.1, 0.15) is 62.6 Å². The van der Waals surface area contributed by atoms with Gasteiger partial charge in [0.05, 0.1) is 5.92 Å². The summed E-state index contributed by atoms with van der Waals surface area (Å²) >= 11 is 0. The number of aryl methyl sites for hydroxylation is 1. The molecule has 1 aliphatic carbocycles. The highest BCUT2D eigenvalue weighted by Gasteiger charge is 2.56. The van der Waals surface area contributed by atoms with Crippen LogP contribution in [0.2, 0.25) is 0 Å². The summed E-state index contributed by atoms with van der Waals surface area (Å²) in [5.41, 5.74) is -0.749. The second kappa shape index (κ2) is 7.18. The Kier molecular flexibility index (Phi) is 4.84. The fraction of sp³-hybridized carbons (Fsp3) is 0.737. The Hall–Kier alpha value is -2.45. The van der Waals surface area contributed by atoms with Crippen LogP contribution in [-0.2, 0) is 9.59 Å². The van der Waals surface area contributed by atoms with Crippen molar-refractivity contribution in [2.75, 3.05) is 26.7 Å². The van der Waals surface area contributed by atoms with Gasteiger partial charge in [0.1, 0.15) is 12.1 Å². The van der Waals surface area contributed by atoms with Gasteiger partial charge in [0.2, 0.25) is 11.8 Å². The van der Waals surface area contributed by atoms with Gasteiger partial charge < -0.3 is 14.3 Å². The Morgan fingerprint density at radius 3 is 2.64 bits per heavy atom. The van der Waals surface area contributed by atoms with Crippen LogP contribution in [0, 0.1) is 6.92 Å². The normalized spacial score (nSPS) is 25.1. The van der Waals surface area contributed by atoms with Crippen LogP contribution < -0.4 is 0 Å². The zero-order valence-electron chi connectivity index (χ0n) is 16.5. The number of nitrogens with zero attached hydrogens (tertiary/aromatic N) is 5.